The van der Waals surface area contributed by atoms with Gasteiger partial charge in [0.15, 0.2) is 5.65 Å². The van der Waals surface area contributed by atoms with Gasteiger partial charge in [-0.3, -0.25) is 0 Å². The summed E-state index contributed by atoms with van der Waals surface area (Å²) in [6, 6.07) is 32.9. The zero-order valence-corrected chi connectivity index (χ0v) is 21.8. The van der Waals surface area contributed by atoms with Crippen LogP contribution in [0, 0.1) is 13.8 Å². The van der Waals surface area contributed by atoms with Gasteiger partial charge in [-0.05, 0) is 44.2 Å². The zero-order chi connectivity index (χ0) is 26.3. The van der Waals surface area contributed by atoms with Crippen LogP contribution in [0.2, 0.25) is 0 Å². The van der Waals surface area contributed by atoms with Crippen LogP contribution in [0.25, 0.3) is 33.7 Å². The molecule has 1 unspecified atom stereocenters. The summed E-state index contributed by atoms with van der Waals surface area (Å²) in [7, 11) is 0. The van der Waals surface area contributed by atoms with Crippen LogP contribution in [0.5, 0.6) is 0 Å². The monoisotopic (exact) mass is 509 g/mol. The minimum Gasteiger partial charge on any atom is -0.302 e. The van der Waals surface area contributed by atoms with E-state index in [-0.39, 0.29) is 6.04 Å². The van der Waals surface area contributed by atoms with Gasteiger partial charge in [0.25, 0.3) is 0 Å². The third kappa shape index (κ3) is 4.08. The van der Waals surface area contributed by atoms with Crippen LogP contribution in [0.15, 0.2) is 108 Å². The Morgan fingerprint density at radius 3 is 2.15 bits per heavy atom. The molecule has 0 amide bonds. The predicted molar refractivity (Wildman–Crippen MR) is 154 cm³/mol. The zero-order valence-electron chi connectivity index (χ0n) is 21.8. The SMILES string of the molecule is Cc1nc2c(cc1C1=NNC(c3cn(-c4ccccc4)nc3-c3ccccc3)C1)c(C)nn2-c1ccccc1. The van der Waals surface area contributed by atoms with Crippen LogP contribution < -0.4 is 5.43 Å². The Hall–Kier alpha value is -5.04. The topological polar surface area (TPSA) is 72.9 Å². The molecule has 1 aliphatic heterocycles. The molecule has 1 aliphatic rings. The third-order valence-corrected chi connectivity index (χ3v) is 7.28. The number of hydrogen-bond donors (Lipinski definition) is 1. The van der Waals surface area contributed by atoms with E-state index in [1.54, 1.807) is 0 Å². The molecule has 190 valence electrons. The molecule has 0 radical (unpaired) electrons. The van der Waals surface area contributed by atoms with Crippen molar-refractivity contribution in [2.24, 2.45) is 5.10 Å². The molecular weight excluding hydrogens is 482 g/mol. The summed E-state index contributed by atoms with van der Waals surface area (Å²) in [5.41, 5.74) is 13.4. The molecule has 39 heavy (non-hydrogen) atoms. The summed E-state index contributed by atoms with van der Waals surface area (Å²) in [6.07, 6.45) is 2.86. The maximum absolute atomic E-state index is 5.00. The van der Waals surface area contributed by atoms with E-state index < -0.39 is 0 Å². The van der Waals surface area contributed by atoms with E-state index in [0.717, 1.165) is 68.3 Å². The molecule has 0 fully saturated rings. The number of hydrogen-bond acceptors (Lipinski definition) is 5. The fourth-order valence-electron chi connectivity index (χ4n) is 5.28. The van der Waals surface area contributed by atoms with Gasteiger partial charge in [-0.15, -0.1) is 0 Å². The smallest absolute Gasteiger partial charge is 0.163 e. The molecular formula is C32H27N7. The van der Waals surface area contributed by atoms with Crippen molar-refractivity contribution in [1.82, 2.24) is 30.0 Å². The molecule has 1 atom stereocenters. The van der Waals surface area contributed by atoms with E-state index in [4.69, 9.17) is 20.3 Å². The molecule has 3 aromatic heterocycles. The average molecular weight is 510 g/mol. The highest BCUT2D eigenvalue weighted by Crippen LogP contribution is 2.34. The number of fused-ring (bicyclic) bond motifs is 1. The second kappa shape index (κ2) is 9.36. The second-order valence-electron chi connectivity index (χ2n) is 9.85. The van der Waals surface area contributed by atoms with Gasteiger partial charge in [0.1, 0.15) is 0 Å². The van der Waals surface area contributed by atoms with Crippen molar-refractivity contribution in [3.8, 4) is 22.6 Å². The van der Waals surface area contributed by atoms with Crippen LogP contribution in [0.1, 0.15) is 35.0 Å². The lowest BCUT2D eigenvalue weighted by atomic mass is 9.96. The molecule has 7 rings (SSSR count). The summed E-state index contributed by atoms with van der Waals surface area (Å²) in [4.78, 5) is 5.00. The maximum Gasteiger partial charge on any atom is 0.163 e. The van der Waals surface area contributed by atoms with Crippen molar-refractivity contribution in [3.63, 3.8) is 0 Å². The Morgan fingerprint density at radius 2 is 1.44 bits per heavy atom. The first-order valence-electron chi connectivity index (χ1n) is 13.1. The molecule has 6 aromatic rings. The summed E-state index contributed by atoms with van der Waals surface area (Å²) < 4.78 is 3.88. The number of para-hydroxylation sites is 2. The van der Waals surface area contributed by atoms with Crippen molar-refractivity contribution >= 4 is 16.7 Å². The molecule has 4 heterocycles. The number of aryl methyl sites for hydroxylation is 2. The highest BCUT2D eigenvalue weighted by Gasteiger charge is 2.28. The lowest BCUT2D eigenvalue weighted by molar-refractivity contribution is 0.621. The minimum absolute atomic E-state index is 0.00379. The van der Waals surface area contributed by atoms with Gasteiger partial charge in [-0.2, -0.15) is 15.3 Å². The van der Waals surface area contributed by atoms with Crippen LogP contribution in [-0.4, -0.2) is 30.3 Å². The van der Waals surface area contributed by atoms with Crippen LogP contribution in [0.4, 0.5) is 0 Å². The van der Waals surface area contributed by atoms with E-state index in [2.05, 4.69) is 42.0 Å². The van der Waals surface area contributed by atoms with Gasteiger partial charge >= 0.3 is 0 Å². The van der Waals surface area contributed by atoms with Gasteiger partial charge in [-0.1, -0.05) is 66.7 Å². The lowest BCUT2D eigenvalue weighted by Gasteiger charge is -2.11. The van der Waals surface area contributed by atoms with Crippen molar-refractivity contribution in [3.05, 3.63) is 126 Å². The molecule has 7 nitrogen and oxygen atoms in total. The first-order valence-corrected chi connectivity index (χ1v) is 13.1. The average Bonchev–Trinajstić information content (AvgIpc) is 3.72. The molecule has 3 aromatic carbocycles. The van der Waals surface area contributed by atoms with Crippen molar-refractivity contribution in [2.75, 3.05) is 0 Å². The van der Waals surface area contributed by atoms with Gasteiger partial charge in [0.2, 0.25) is 0 Å². The molecule has 7 heteroatoms. The first-order chi connectivity index (χ1) is 19.2. The Kier molecular flexibility index (Phi) is 5.55. The highest BCUT2D eigenvalue weighted by atomic mass is 15.3. The number of pyridine rings is 1. The molecule has 1 N–H and O–H groups in total. The lowest BCUT2D eigenvalue weighted by Crippen LogP contribution is -2.10. The standard InChI is InChI=1S/C32H27N7/c1-21-26(18-27-22(2)36-39(32(27)33-21)25-16-10-5-11-17-25)29-19-30(35-34-29)28-20-38(24-14-8-4-9-15-24)37-31(28)23-12-6-3-7-13-23/h3-18,20,30,35H,19H2,1-2H3. The number of rotatable bonds is 5. The number of nitrogens with one attached hydrogen (secondary N) is 1. The highest BCUT2D eigenvalue weighted by molar-refractivity contribution is 6.05. The van der Waals surface area contributed by atoms with E-state index in [9.17, 15) is 0 Å². The van der Waals surface area contributed by atoms with Crippen LogP contribution in [0.3, 0.4) is 0 Å². The number of nitrogens with zero attached hydrogens (tertiary/aromatic N) is 6. The number of benzene rings is 3. The number of hydrazone groups is 1. The van der Waals surface area contributed by atoms with E-state index >= 15 is 0 Å². The summed E-state index contributed by atoms with van der Waals surface area (Å²) in [5.74, 6) is 0. The fraction of sp³-hybridized carbons (Fsp3) is 0.125. The largest absolute Gasteiger partial charge is 0.302 e. The summed E-state index contributed by atoms with van der Waals surface area (Å²) in [5, 5.41) is 15.6. The van der Waals surface area contributed by atoms with Gasteiger partial charge in [0.05, 0.1) is 34.5 Å². The Labute approximate surface area is 226 Å². The summed E-state index contributed by atoms with van der Waals surface area (Å²) in [6.45, 7) is 4.08. The van der Waals surface area contributed by atoms with E-state index in [1.165, 1.54) is 0 Å². The van der Waals surface area contributed by atoms with Gasteiger partial charge in [0, 0.05) is 40.4 Å². The Morgan fingerprint density at radius 1 is 0.769 bits per heavy atom. The molecule has 0 saturated carbocycles. The van der Waals surface area contributed by atoms with E-state index in [1.807, 2.05) is 89.9 Å². The summed E-state index contributed by atoms with van der Waals surface area (Å²) >= 11 is 0. The predicted octanol–water partition coefficient (Wildman–Crippen LogP) is 6.33. The van der Waals surface area contributed by atoms with Crippen LogP contribution in [-0.2, 0) is 0 Å². The molecule has 0 spiro atoms. The third-order valence-electron chi connectivity index (χ3n) is 7.28. The Balaban J connectivity index is 1.25. The minimum atomic E-state index is -0.00379. The molecule has 0 bridgehead atoms. The second-order valence-corrected chi connectivity index (χ2v) is 9.85. The van der Waals surface area contributed by atoms with Crippen molar-refractivity contribution in [1.29, 1.82) is 0 Å². The number of aromatic nitrogens is 5. The first kappa shape index (κ1) is 23.1. The quantitative estimate of drug-likeness (QED) is 0.295. The van der Waals surface area contributed by atoms with Gasteiger partial charge < -0.3 is 5.43 Å². The van der Waals surface area contributed by atoms with Crippen molar-refractivity contribution in [2.45, 2.75) is 26.3 Å². The molecule has 0 saturated heterocycles. The normalized spacial score (nSPS) is 14.9. The van der Waals surface area contributed by atoms with Crippen molar-refractivity contribution < 1.29 is 0 Å². The van der Waals surface area contributed by atoms with E-state index in [0.29, 0.717) is 0 Å². The maximum atomic E-state index is 5.00. The molecule has 0 aliphatic carbocycles. The van der Waals surface area contributed by atoms with Crippen LogP contribution >= 0.6 is 0 Å². The fourth-order valence-corrected chi connectivity index (χ4v) is 5.28. The van der Waals surface area contributed by atoms with Gasteiger partial charge in [-0.25, -0.2) is 14.3 Å². The Bertz CT molecular complexity index is 1820.